The number of hydrogen-bond donors (Lipinski definition) is 1. The highest BCUT2D eigenvalue weighted by Crippen LogP contribution is 2.25. The third kappa shape index (κ3) is 4.31. The lowest BCUT2D eigenvalue weighted by Crippen LogP contribution is -2.38. The first-order valence-electron chi connectivity index (χ1n) is 5.35. The molecular weight excluding hydrogens is 384 g/mol. The molecule has 0 aliphatic carbocycles. The molecule has 1 aromatic carbocycles. The molecule has 102 valence electrons. The molecule has 0 radical (unpaired) electrons. The fraction of sp³-hybridized carbons (Fsp3) is 0.455. The number of hydrogen-bond acceptors (Lipinski definition) is 3. The van der Waals surface area contributed by atoms with E-state index in [1.54, 1.807) is 18.2 Å². The number of nitrogens with one attached hydrogen (secondary N) is 1. The number of sulfonamides is 1. The summed E-state index contributed by atoms with van der Waals surface area (Å²) in [6.07, 6.45) is 0. The van der Waals surface area contributed by atoms with E-state index in [1.165, 1.54) is 0 Å². The van der Waals surface area contributed by atoms with E-state index in [0.717, 1.165) is 4.47 Å². The molecule has 7 heteroatoms. The van der Waals surface area contributed by atoms with Gasteiger partial charge in [-0.15, -0.1) is 0 Å². The van der Waals surface area contributed by atoms with Crippen molar-refractivity contribution in [2.24, 2.45) is 0 Å². The molecule has 18 heavy (non-hydrogen) atoms. The Labute approximate surface area is 125 Å². The van der Waals surface area contributed by atoms with Crippen LogP contribution in [0, 0.1) is 0 Å². The van der Waals surface area contributed by atoms with Crippen molar-refractivity contribution in [3.63, 3.8) is 0 Å². The molecule has 0 aliphatic rings. The van der Waals surface area contributed by atoms with Crippen molar-refractivity contribution in [1.82, 2.24) is 9.62 Å². The van der Waals surface area contributed by atoms with Gasteiger partial charge in [-0.2, -0.15) is 0 Å². The van der Waals surface area contributed by atoms with Crippen LogP contribution in [0.5, 0.6) is 0 Å². The summed E-state index contributed by atoms with van der Waals surface area (Å²) < 4.78 is 28.2. The van der Waals surface area contributed by atoms with Crippen molar-refractivity contribution in [3.8, 4) is 0 Å². The predicted octanol–water partition coefficient (Wildman–Crippen LogP) is 2.44. The number of nitrogens with zero attached hydrogens (tertiary/aromatic N) is 1. The van der Waals surface area contributed by atoms with Crippen LogP contribution in [-0.4, -0.2) is 40.0 Å². The molecule has 4 nitrogen and oxygen atoms in total. The molecule has 0 spiro atoms. The molecule has 0 saturated carbocycles. The van der Waals surface area contributed by atoms with Gasteiger partial charge in [0.2, 0.25) is 10.0 Å². The molecule has 0 aromatic heterocycles. The first-order chi connectivity index (χ1) is 8.24. The zero-order chi connectivity index (χ0) is 13.9. The minimum Gasteiger partial charge on any atom is -0.305 e. The van der Waals surface area contributed by atoms with Gasteiger partial charge in [-0.05, 0) is 55.1 Å². The molecule has 1 aromatic rings. The summed E-state index contributed by atoms with van der Waals surface area (Å²) in [4.78, 5) is 2.20. The van der Waals surface area contributed by atoms with E-state index in [0.29, 0.717) is 11.0 Å². The first kappa shape index (κ1) is 16.1. The Morgan fingerprint density at radius 3 is 2.44 bits per heavy atom. The minimum absolute atomic E-state index is 0.133. The standard InChI is InChI=1S/C11H16Br2N2O2S/c1-8(15(2)3)7-14-18(16,17)11-5-4-9(12)6-10(11)13/h4-6,8,14H,7H2,1-3H3. The van der Waals surface area contributed by atoms with Gasteiger partial charge in [-0.25, -0.2) is 13.1 Å². The van der Waals surface area contributed by atoms with Crippen molar-refractivity contribution in [2.45, 2.75) is 17.9 Å². The second-order valence-corrected chi connectivity index (χ2v) is 7.74. The quantitative estimate of drug-likeness (QED) is 0.827. The molecule has 0 bridgehead atoms. The zero-order valence-electron chi connectivity index (χ0n) is 10.4. The molecule has 0 fully saturated rings. The lowest BCUT2D eigenvalue weighted by Gasteiger charge is -2.20. The van der Waals surface area contributed by atoms with Gasteiger partial charge in [0.1, 0.15) is 0 Å². The summed E-state index contributed by atoms with van der Waals surface area (Å²) in [5.41, 5.74) is 0. The van der Waals surface area contributed by atoms with Crippen LogP contribution in [0.1, 0.15) is 6.92 Å². The van der Waals surface area contributed by atoms with E-state index < -0.39 is 10.0 Å². The largest absolute Gasteiger partial charge is 0.305 e. The van der Waals surface area contributed by atoms with E-state index in [-0.39, 0.29) is 10.9 Å². The molecule has 0 heterocycles. The fourth-order valence-corrected chi connectivity index (χ4v) is 4.05. The first-order valence-corrected chi connectivity index (χ1v) is 8.42. The van der Waals surface area contributed by atoms with Crippen LogP contribution in [0.3, 0.4) is 0 Å². The van der Waals surface area contributed by atoms with Crippen molar-refractivity contribution < 1.29 is 8.42 Å². The van der Waals surface area contributed by atoms with Gasteiger partial charge in [-0.1, -0.05) is 15.9 Å². The molecule has 0 aliphatic heterocycles. The highest BCUT2D eigenvalue weighted by Gasteiger charge is 2.18. The molecular formula is C11H16Br2N2O2S. The van der Waals surface area contributed by atoms with E-state index in [9.17, 15) is 8.42 Å². The predicted molar refractivity (Wildman–Crippen MR) is 80.2 cm³/mol. The third-order valence-electron chi connectivity index (χ3n) is 2.63. The van der Waals surface area contributed by atoms with Gasteiger partial charge in [0.25, 0.3) is 0 Å². The van der Waals surface area contributed by atoms with Crippen LogP contribution in [-0.2, 0) is 10.0 Å². The Bertz CT molecular complexity index is 518. The van der Waals surface area contributed by atoms with Crippen LogP contribution >= 0.6 is 31.9 Å². The Morgan fingerprint density at radius 1 is 1.33 bits per heavy atom. The average molecular weight is 400 g/mol. The second kappa shape index (κ2) is 6.47. The van der Waals surface area contributed by atoms with Gasteiger partial charge >= 0.3 is 0 Å². The fourth-order valence-electron chi connectivity index (χ4n) is 1.18. The Kier molecular flexibility index (Phi) is 5.79. The Balaban J connectivity index is 2.87. The van der Waals surface area contributed by atoms with Gasteiger partial charge in [-0.3, -0.25) is 0 Å². The minimum atomic E-state index is -3.48. The maximum absolute atomic E-state index is 12.1. The van der Waals surface area contributed by atoms with Crippen molar-refractivity contribution in [1.29, 1.82) is 0 Å². The normalized spacial score (nSPS) is 13.9. The molecule has 1 N–H and O–H groups in total. The molecule has 0 amide bonds. The number of rotatable bonds is 5. The van der Waals surface area contributed by atoms with Crippen molar-refractivity contribution >= 4 is 41.9 Å². The summed E-state index contributed by atoms with van der Waals surface area (Å²) in [6.45, 7) is 2.33. The highest BCUT2D eigenvalue weighted by atomic mass is 79.9. The van der Waals surface area contributed by atoms with E-state index in [4.69, 9.17) is 0 Å². The summed E-state index contributed by atoms with van der Waals surface area (Å²) >= 11 is 6.55. The topological polar surface area (TPSA) is 49.4 Å². The maximum Gasteiger partial charge on any atom is 0.241 e. The monoisotopic (exact) mass is 398 g/mol. The van der Waals surface area contributed by atoms with Gasteiger partial charge < -0.3 is 4.90 Å². The third-order valence-corrected chi connectivity index (χ3v) is 5.53. The summed E-state index contributed by atoms with van der Waals surface area (Å²) in [5, 5.41) is 0. The van der Waals surface area contributed by atoms with Gasteiger partial charge in [0.05, 0.1) is 4.90 Å². The van der Waals surface area contributed by atoms with Gasteiger partial charge in [0.15, 0.2) is 0 Å². The molecule has 1 unspecified atom stereocenters. The average Bonchev–Trinajstić information content (AvgIpc) is 2.25. The smallest absolute Gasteiger partial charge is 0.241 e. The zero-order valence-corrected chi connectivity index (χ0v) is 14.4. The van der Waals surface area contributed by atoms with Crippen molar-refractivity contribution in [2.75, 3.05) is 20.6 Å². The summed E-state index contributed by atoms with van der Waals surface area (Å²) in [7, 11) is 0.342. The van der Waals surface area contributed by atoms with Crippen molar-refractivity contribution in [3.05, 3.63) is 27.1 Å². The molecule has 1 atom stereocenters. The van der Waals surface area contributed by atoms with Crippen LogP contribution in [0.2, 0.25) is 0 Å². The maximum atomic E-state index is 12.1. The summed E-state index contributed by atoms with van der Waals surface area (Å²) in [6, 6.07) is 5.11. The summed E-state index contributed by atoms with van der Waals surface area (Å²) in [5.74, 6) is 0. The Morgan fingerprint density at radius 2 is 1.94 bits per heavy atom. The van der Waals surface area contributed by atoms with E-state index in [1.807, 2.05) is 25.9 Å². The Hall–Kier alpha value is 0.0500. The number of likely N-dealkylation sites (N-methyl/N-ethyl adjacent to an activating group) is 1. The van der Waals surface area contributed by atoms with Crippen LogP contribution in [0.4, 0.5) is 0 Å². The second-order valence-electron chi connectivity index (χ2n) is 4.24. The van der Waals surface area contributed by atoms with Crippen LogP contribution < -0.4 is 4.72 Å². The number of benzene rings is 1. The highest BCUT2D eigenvalue weighted by molar-refractivity contribution is 9.11. The van der Waals surface area contributed by atoms with Gasteiger partial charge in [0, 0.05) is 21.5 Å². The van der Waals surface area contributed by atoms with Crippen LogP contribution in [0.25, 0.3) is 0 Å². The lowest BCUT2D eigenvalue weighted by atomic mass is 10.3. The lowest BCUT2D eigenvalue weighted by molar-refractivity contribution is 0.314. The van der Waals surface area contributed by atoms with Crippen LogP contribution in [0.15, 0.2) is 32.0 Å². The van der Waals surface area contributed by atoms with E-state index >= 15 is 0 Å². The van der Waals surface area contributed by atoms with E-state index in [2.05, 4.69) is 36.6 Å². The SMILES string of the molecule is CC(CNS(=O)(=O)c1ccc(Br)cc1Br)N(C)C. The molecule has 0 saturated heterocycles. The molecule has 1 rings (SSSR count). The number of halogens is 2.